The van der Waals surface area contributed by atoms with Crippen LogP contribution in [0, 0.1) is 11.8 Å². The lowest BCUT2D eigenvalue weighted by Gasteiger charge is -2.18. The van der Waals surface area contributed by atoms with Gasteiger partial charge < -0.3 is 21.1 Å². The Kier molecular flexibility index (Phi) is 5.59. The predicted molar refractivity (Wildman–Crippen MR) is 68.5 cm³/mol. The third kappa shape index (κ3) is 5.58. The number of urea groups is 1. The summed E-state index contributed by atoms with van der Waals surface area (Å²) in [5, 5.41) is 16.5. The highest BCUT2D eigenvalue weighted by Crippen LogP contribution is 2.28. The van der Waals surface area contributed by atoms with Crippen LogP contribution in [-0.4, -0.2) is 42.1 Å². The number of nitrogens with one attached hydrogen (secondary N) is 3. The maximum atomic E-state index is 11.5. The predicted octanol–water partition coefficient (Wildman–Crippen LogP) is -0.0790. The van der Waals surface area contributed by atoms with Crippen LogP contribution in [0.5, 0.6) is 0 Å². The van der Waals surface area contributed by atoms with Crippen molar-refractivity contribution in [1.29, 1.82) is 0 Å². The lowest BCUT2D eigenvalue weighted by Crippen LogP contribution is -2.49. The first-order chi connectivity index (χ1) is 8.91. The smallest absolute Gasteiger partial charge is 0.326 e. The number of carbonyl (C=O) groups excluding carboxylic acids is 2. The molecule has 0 heterocycles. The SMILES string of the molecule is CC(C)C(NC(=O)NCCNC(=O)C1CC1)C(=O)O. The number of hydrogen-bond acceptors (Lipinski definition) is 3. The van der Waals surface area contributed by atoms with Gasteiger partial charge in [-0.25, -0.2) is 9.59 Å². The Morgan fingerprint density at radius 3 is 2.21 bits per heavy atom. The van der Waals surface area contributed by atoms with Crippen LogP contribution in [0.15, 0.2) is 0 Å². The zero-order chi connectivity index (χ0) is 14.4. The Balaban J connectivity index is 2.15. The molecule has 0 aromatic rings. The Labute approximate surface area is 112 Å². The van der Waals surface area contributed by atoms with E-state index in [1.54, 1.807) is 13.8 Å². The number of hydrogen-bond donors (Lipinski definition) is 4. The van der Waals surface area contributed by atoms with Gasteiger partial charge in [-0.15, -0.1) is 0 Å². The van der Waals surface area contributed by atoms with Crippen molar-refractivity contribution < 1.29 is 19.5 Å². The number of amides is 3. The molecular weight excluding hydrogens is 250 g/mol. The summed E-state index contributed by atoms with van der Waals surface area (Å²) in [5.74, 6) is -1.09. The van der Waals surface area contributed by atoms with E-state index in [4.69, 9.17) is 5.11 Å². The van der Waals surface area contributed by atoms with Crippen LogP contribution in [-0.2, 0) is 9.59 Å². The summed E-state index contributed by atoms with van der Waals surface area (Å²) < 4.78 is 0. The molecule has 19 heavy (non-hydrogen) atoms. The van der Waals surface area contributed by atoms with E-state index in [1.807, 2.05) is 0 Å². The zero-order valence-electron chi connectivity index (χ0n) is 11.2. The van der Waals surface area contributed by atoms with Crippen LogP contribution in [0.4, 0.5) is 4.79 Å². The van der Waals surface area contributed by atoms with E-state index < -0.39 is 18.0 Å². The van der Waals surface area contributed by atoms with Gasteiger partial charge in [0.2, 0.25) is 5.91 Å². The van der Waals surface area contributed by atoms with Crippen molar-refractivity contribution >= 4 is 17.9 Å². The average Bonchev–Trinajstić information content (AvgIpc) is 3.14. The minimum absolute atomic E-state index is 0.0211. The van der Waals surface area contributed by atoms with E-state index in [0.29, 0.717) is 6.54 Å². The summed E-state index contributed by atoms with van der Waals surface area (Å²) in [6.45, 7) is 4.06. The Hall–Kier alpha value is -1.79. The van der Waals surface area contributed by atoms with Gasteiger partial charge in [0.25, 0.3) is 0 Å². The molecule has 1 rings (SSSR count). The molecular formula is C12H21N3O4. The van der Waals surface area contributed by atoms with Crippen molar-refractivity contribution in [3.05, 3.63) is 0 Å². The Morgan fingerprint density at radius 2 is 1.74 bits per heavy atom. The van der Waals surface area contributed by atoms with Gasteiger partial charge in [0, 0.05) is 19.0 Å². The van der Waals surface area contributed by atoms with Crippen LogP contribution < -0.4 is 16.0 Å². The maximum Gasteiger partial charge on any atom is 0.326 e. The van der Waals surface area contributed by atoms with Crippen molar-refractivity contribution in [1.82, 2.24) is 16.0 Å². The highest BCUT2D eigenvalue weighted by atomic mass is 16.4. The summed E-state index contributed by atoms with van der Waals surface area (Å²) in [6, 6.07) is -1.46. The molecule has 7 nitrogen and oxygen atoms in total. The van der Waals surface area contributed by atoms with Gasteiger partial charge in [-0.05, 0) is 18.8 Å². The molecule has 3 amide bonds. The molecule has 1 saturated carbocycles. The van der Waals surface area contributed by atoms with Crippen molar-refractivity contribution in [2.45, 2.75) is 32.7 Å². The number of carbonyl (C=O) groups is 3. The molecule has 0 saturated heterocycles. The minimum Gasteiger partial charge on any atom is -0.480 e. The second-order valence-corrected chi connectivity index (χ2v) is 5.03. The standard InChI is InChI=1S/C12H21N3O4/c1-7(2)9(11(17)18)15-12(19)14-6-5-13-10(16)8-3-4-8/h7-9H,3-6H2,1-2H3,(H,13,16)(H,17,18)(H2,14,15,19). The van der Waals surface area contributed by atoms with Crippen LogP contribution in [0.25, 0.3) is 0 Å². The van der Waals surface area contributed by atoms with Crippen LogP contribution in [0.2, 0.25) is 0 Å². The van der Waals surface area contributed by atoms with E-state index in [1.165, 1.54) is 0 Å². The van der Waals surface area contributed by atoms with E-state index in [0.717, 1.165) is 12.8 Å². The molecule has 0 radical (unpaired) electrons. The number of carboxylic acids is 1. The van der Waals surface area contributed by atoms with Crippen LogP contribution in [0.1, 0.15) is 26.7 Å². The first-order valence-corrected chi connectivity index (χ1v) is 6.46. The van der Waals surface area contributed by atoms with Gasteiger partial charge in [0.05, 0.1) is 0 Å². The van der Waals surface area contributed by atoms with Crippen LogP contribution >= 0.6 is 0 Å². The van der Waals surface area contributed by atoms with Gasteiger partial charge in [0.15, 0.2) is 0 Å². The monoisotopic (exact) mass is 271 g/mol. The number of aliphatic carboxylic acids is 1. The fourth-order valence-corrected chi connectivity index (χ4v) is 1.56. The Morgan fingerprint density at radius 1 is 1.16 bits per heavy atom. The second-order valence-electron chi connectivity index (χ2n) is 5.03. The lowest BCUT2D eigenvalue weighted by atomic mass is 10.1. The molecule has 1 unspecified atom stereocenters. The summed E-state index contributed by atoms with van der Waals surface area (Å²) in [7, 11) is 0. The lowest BCUT2D eigenvalue weighted by molar-refractivity contribution is -0.140. The largest absolute Gasteiger partial charge is 0.480 e. The third-order valence-electron chi connectivity index (χ3n) is 2.88. The maximum absolute atomic E-state index is 11.5. The van der Waals surface area contributed by atoms with Gasteiger partial charge in [-0.1, -0.05) is 13.8 Å². The summed E-state index contributed by atoms with van der Waals surface area (Å²) in [5.41, 5.74) is 0. The molecule has 7 heteroatoms. The molecule has 4 N–H and O–H groups in total. The Bertz CT molecular complexity index is 353. The summed E-state index contributed by atoms with van der Waals surface area (Å²) in [6.07, 6.45) is 1.88. The van der Waals surface area contributed by atoms with E-state index in [-0.39, 0.29) is 24.3 Å². The molecule has 0 aromatic carbocycles. The first kappa shape index (κ1) is 15.3. The minimum atomic E-state index is -1.06. The molecule has 1 fully saturated rings. The molecule has 1 aliphatic rings. The van der Waals surface area contributed by atoms with Crippen molar-refractivity contribution in [2.75, 3.05) is 13.1 Å². The molecule has 0 spiro atoms. The fraction of sp³-hybridized carbons (Fsp3) is 0.750. The zero-order valence-corrected chi connectivity index (χ0v) is 11.2. The van der Waals surface area contributed by atoms with Gasteiger partial charge in [0.1, 0.15) is 6.04 Å². The highest BCUT2D eigenvalue weighted by Gasteiger charge is 2.29. The van der Waals surface area contributed by atoms with Crippen molar-refractivity contribution in [3.63, 3.8) is 0 Å². The van der Waals surface area contributed by atoms with E-state index in [9.17, 15) is 14.4 Å². The van der Waals surface area contributed by atoms with Crippen molar-refractivity contribution in [2.24, 2.45) is 11.8 Å². The fourth-order valence-electron chi connectivity index (χ4n) is 1.56. The summed E-state index contributed by atoms with van der Waals surface area (Å²) >= 11 is 0. The average molecular weight is 271 g/mol. The number of carboxylic acid groups (broad SMARTS) is 1. The molecule has 108 valence electrons. The third-order valence-corrected chi connectivity index (χ3v) is 2.88. The molecule has 1 atom stereocenters. The first-order valence-electron chi connectivity index (χ1n) is 6.46. The van der Waals surface area contributed by atoms with E-state index >= 15 is 0 Å². The topological polar surface area (TPSA) is 108 Å². The molecule has 0 bridgehead atoms. The number of rotatable bonds is 7. The molecule has 0 aliphatic heterocycles. The highest BCUT2D eigenvalue weighted by molar-refractivity contribution is 5.83. The normalized spacial score (nSPS) is 15.7. The van der Waals surface area contributed by atoms with E-state index in [2.05, 4.69) is 16.0 Å². The van der Waals surface area contributed by atoms with Crippen LogP contribution in [0.3, 0.4) is 0 Å². The van der Waals surface area contributed by atoms with Gasteiger partial charge >= 0.3 is 12.0 Å². The van der Waals surface area contributed by atoms with Gasteiger partial charge in [-0.2, -0.15) is 0 Å². The van der Waals surface area contributed by atoms with Gasteiger partial charge in [-0.3, -0.25) is 4.79 Å². The second kappa shape index (κ2) is 6.96. The quantitative estimate of drug-likeness (QED) is 0.486. The molecule has 1 aliphatic carbocycles. The molecule has 0 aromatic heterocycles. The van der Waals surface area contributed by atoms with Crippen molar-refractivity contribution in [3.8, 4) is 0 Å². The summed E-state index contributed by atoms with van der Waals surface area (Å²) in [4.78, 5) is 33.6.